The van der Waals surface area contributed by atoms with E-state index in [-0.39, 0.29) is 17.1 Å². The number of nitrogens with two attached hydrogens (primary N) is 2. The SMILES string of the molecule is CCCC(NCCCN=C(C)N)c1ccc(-n2c(C)c3cc(-c4cc(CCCC(C)N)cc(Cl)c4F)[nH]c3nc2=O)cc1SC. The Morgan fingerprint density at radius 3 is 2.69 bits per heavy atom. The molecular weight excluding hydrogens is 609 g/mol. The van der Waals surface area contributed by atoms with Crippen molar-refractivity contribution in [2.24, 2.45) is 16.5 Å². The van der Waals surface area contributed by atoms with Crippen LogP contribution in [0.15, 0.2) is 51.1 Å². The van der Waals surface area contributed by atoms with E-state index in [1.54, 1.807) is 29.3 Å². The van der Waals surface area contributed by atoms with Crippen LogP contribution in [0.5, 0.6) is 0 Å². The van der Waals surface area contributed by atoms with E-state index in [1.165, 1.54) is 5.56 Å². The van der Waals surface area contributed by atoms with Gasteiger partial charge in [-0.25, -0.2) is 9.18 Å². The number of thioether (sulfide) groups is 1. The average molecular weight is 654 g/mol. The monoisotopic (exact) mass is 653 g/mol. The number of aryl methyl sites for hydroxylation is 2. The summed E-state index contributed by atoms with van der Waals surface area (Å²) in [6.45, 7) is 9.36. The molecule has 45 heavy (non-hydrogen) atoms. The number of aromatic amines is 1. The maximum atomic E-state index is 15.3. The van der Waals surface area contributed by atoms with Gasteiger partial charge in [0.1, 0.15) is 5.65 Å². The van der Waals surface area contributed by atoms with Crippen molar-refractivity contribution in [1.82, 2.24) is 19.9 Å². The minimum Gasteiger partial charge on any atom is -0.388 e. The summed E-state index contributed by atoms with van der Waals surface area (Å²) in [4.78, 5) is 26.3. The van der Waals surface area contributed by atoms with Gasteiger partial charge in [-0.05, 0) is 107 Å². The molecule has 0 saturated heterocycles. The molecule has 0 fully saturated rings. The molecule has 2 aromatic carbocycles. The van der Waals surface area contributed by atoms with Crippen molar-refractivity contribution < 1.29 is 4.39 Å². The van der Waals surface area contributed by atoms with Gasteiger partial charge in [0.2, 0.25) is 0 Å². The van der Waals surface area contributed by atoms with Gasteiger partial charge in [0.25, 0.3) is 0 Å². The number of benzene rings is 2. The van der Waals surface area contributed by atoms with Gasteiger partial charge in [-0.1, -0.05) is 31.0 Å². The highest BCUT2D eigenvalue weighted by Gasteiger charge is 2.19. The van der Waals surface area contributed by atoms with Crippen molar-refractivity contribution in [3.8, 4) is 16.9 Å². The molecule has 0 amide bonds. The zero-order chi connectivity index (χ0) is 32.7. The number of hydrogen-bond acceptors (Lipinski definition) is 6. The number of fused-ring (bicyclic) bond motifs is 1. The van der Waals surface area contributed by atoms with Gasteiger partial charge in [0.05, 0.1) is 22.2 Å². The lowest BCUT2D eigenvalue weighted by molar-refractivity contribution is 0.484. The molecule has 0 saturated carbocycles. The zero-order valence-corrected chi connectivity index (χ0v) is 28.4. The first-order valence-corrected chi connectivity index (χ1v) is 17.2. The van der Waals surface area contributed by atoms with Crippen molar-refractivity contribution >= 4 is 40.2 Å². The molecule has 0 aliphatic heterocycles. The summed E-state index contributed by atoms with van der Waals surface area (Å²) < 4.78 is 16.9. The lowest BCUT2D eigenvalue weighted by Gasteiger charge is -2.22. The Kier molecular flexibility index (Phi) is 12.2. The van der Waals surface area contributed by atoms with Gasteiger partial charge >= 0.3 is 5.69 Å². The molecule has 2 atom stereocenters. The van der Waals surface area contributed by atoms with Crippen molar-refractivity contribution in [2.45, 2.75) is 83.2 Å². The first-order valence-electron chi connectivity index (χ1n) is 15.6. The largest absolute Gasteiger partial charge is 0.388 e. The Bertz CT molecular complexity index is 1710. The second-order valence-electron chi connectivity index (χ2n) is 11.7. The number of nitrogens with zero attached hydrogens (tertiary/aromatic N) is 3. The minimum absolute atomic E-state index is 0.0610. The molecule has 2 heterocycles. The highest BCUT2D eigenvalue weighted by molar-refractivity contribution is 7.98. The van der Waals surface area contributed by atoms with Gasteiger partial charge < -0.3 is 21.8 Å². The second-order valence-corrected chi connectivity index (χ2v) is 12.9. The molecule has 11 heteroatoms. The van der Waals surface area contributed by atoms with E-state index in [1.807, 2.05) is 44.4 Å². The molecule has 4 rings (SSSR count). The summed E-state index contributed by atoms with van der Waals surface area (Å²) in [6.07, 6.45) is 7.44. The Hall–Kier alpha value is -3.18. The molecule has 4 aromatic rings. The van der Waals surface area contributed by atoms with Crippen molar-refractivity contribution in [2.75, 3.05) is 19.3 Å². The van der Waals surface area contributed by atoms with Gasteiger partial charge in [-0.2, -0.15) is 4.98 Å². The van der Waals surface area contributed by atoms with Crippen molar-refractivity contribution in [3.05, 3.63) is 74.5 Å². The predicted octanol–water partition coefficient (Wildman–Crippen LogP) is 7.07. The van der Waals surface area contributed by atoms with E-state index < -0.39 is 11.5 Å². The number of amidine groups is 1. The fourth-order valence-corrected chi connectivity index (χ4v) is 6.60. The maximum Gasteiger partial charge on any atom is 0.354 e. The van der Waals surface area contributed by atoms with Gasteiger partial charge in [0.15, 0.2) is 5.82 Å². The zero-order valence-electron chi connectivity index (χ0n) is 26.8. The van der Waals surface area contributed by atoms with Gasteiger partial charge in [-0.3, -0.25) is 9.56 Å². The fraction of sp³-hybridized carbons (Fsp3) is 0.441. The van der Waals surface area contributed by atoms with E-state index in [4.69, 9.17) is 23.1 Å². The van der Waals surface area contributed by atoms with Crippen LogP contribution < -0.4 is 22.5 Å². The number of nitrogens with one attached hydrogen (secondary N) is 2. The molecule has 2 aromatic heterocycles. The first-order chi connectivity index (χ1) is 21.5. The van der Waals surface area contributed by atoms with Crippen LogP contribution in [0.2, 0.25) is 5.02 Å². The van der Waals surface area contributed by atoms with Crippen LogP contribution in [0.25, 0.3) is 28.0 Å². The number of H-pyrrole nitrogens is 1. The fourth-order valence-electron chi connectivity index (χ4n) is 5.67. The third-order valence-electron chi connectivity index (χ3n) is 7.94. The third kappa shape index (κ3) is 8.55. The molecule has 0 spiro atoms. The van der Waals surface area contributed by atoms with Crippen LogP contribution in [0.1, 0.15) is 75.7 Å². The summed E-state index contributed by atoms with van der Waals surface area (Å²) in [5.41, 5.74) is 16.0. The van der Waals surface area contributed by atoms with E-state index >= 15 is 4.39 Å². The van der Waals surface area contributed by atoms with Crippen molar-refractivity contribution in [3.63, 3.8) is 0 Å². The lowest BCUT2D eigenvalue weighted by atomic mass is 10.0. The van der Waals surface area contributed by atoms with Crippen LogP contribution in [0.4, 0.5) is 4.39 Å². The maximum absolute atomic E-state index is 15.3. The summed E-state index contributed by atoms with van der Waals surface area (Å²) in [7, 11) is 0. The van der Waals surface area contributed by atoms with E-state index in [0.717, 1.165) is 66.6 Å². The van der Waals surface area contributed by atoms with Crippen LogP contribution >= 0.6 is 23.4 Å². The molecule has 6 N–H and O–H groups in total. The molecule has 8 nitrogen and oxygen atoms in total. The first kappa shape index (κ1) is 34.7. The van der Waals surface area contributed by atoms with Crippen LogP contribution in [0, 0.1) is 12.7 Å². The number of hydrogen-bond donors (Lipinski definition) is 4. The van der Waals surface area contributed by atoms with Crippen LogP contribution in [-0.4, -0.2) is 45.8 Å². The molecule has 2 unspecified atom stereocenters. The van der Waals surface area contributed by atoms with Crippen molar-refractivity contribution in [1.29, 1.82) is 0 Å². The molecule has 0 aliphatic carbocycles. The summed E-state index contributed by atoms with van der Waals surface area (Å²) in [5.74, 6) is 0.0914. The molecular formula is C34H45ClFN7OS. The highest BCUT2D eigenvalue weighted by atomic mass is 35.5. The summed E-state index contributed by atoms with van der Waals surface area (Å²) >= 11 is 7.96. The second kappa shape index (κ2) is 15.9. The van der Waals surface area contributed by atoms with Gasteiger partial charge in [-0.15, -0.1) is 11.8 Å². The Labute approximate surface area is 274 Å². The topological polar surface area (TPSA) is 127 Å². The van der Waals surface area contributed by atoms with Crippen LogP contribution in [0.3, 0.4) is 0 Å². The van der Waals surface area contributed by atoms with Crippen LogP contribution in [-0.2, 0) is 6.42 Å². The molecule has 0 bridgehead atoms. The standard InChI is InChI=1S/C34H45ClFN7OS/c1-6-9-29(40-15-8-14-39-22(4)38)25-13-12-24(18-31(25)45-5)43-21(3)26-19-30(41-33(26)42-34(43)44)27-16-23(11-7-10-20(2)37)17-28(35)32(27)36/h12-13,16-20,29,40H,6-11,14-15,37H2,1-5H3,(H2,38,39)(H,41,42,44). The van der Waals surface area contributed by atoms with E-state index in [2.05, 4.69) is 33.3 Å². The summed E-state index contributed by atoms with van der Waals surface area (Å²) in [5, 5.41) is 4.48. The smallest absolute Gasteiger partial charge is 0.354 e. The number of aliphatic imine (C=N–C) groups is 1. The Morgan fingerprint density at radius 1 is 1.22 bits per heavy atom. The predicted molar refractivity (Wildman–Crippen MR) is 188 cm³/mol. The number of halogens is 2. The molecule has 242 valence electrons. The highest BCUT2D eigenvalue weighted by Crippen LogP contribution is 2.34. The Morgan fingerprint density at radius 2 is 2.00 bits per heavy atom. The quantitative estimate of drug-likeness (QED) is 0.0470. The number of aromatic nitrogens is 3. The average Bonchev–Trinajstić information content (AvgIpc) is 3.41. The lowest BCUT2D eigenvalue weighted by Crippen LogP contribution is -2.25. The third-order valence-corrected chi connectivity index (χ3v) is 9.01. The minimum atomic E-state index is -0.510. The molecule has 0 aliphatic rings. The van der Waals surface area contributed by atoms with Gasteiger partial charge in [0, 0.05) is 40.2 Å². The van der Waals surface area contributed by atoms with E-state index in [0.29, 0.717) is 35.0 Å². The normalized spacial score (nSPS) is 13.5. The van der Waals surface area contributed by atoms with E-state index in [9.17, 15) is 4.79 Å². The summed E-state index contributed by atoms with van der Waals surface area (Å²) in [6, 6.07) is 11.7. The molecule has 0 radical (unpaired) electrons. The Balaban J connectivity index is 1.67. The number of rotatable bonds is 15.